The highest BCUT2D eigenvalue weighted by molar-refractivity contribution is 9.09. The van der Waals surface area contributed by atoms with Crippen LogP contribution in [0.5, 0.6) is 0 Å². The fourth-order valence-corrected chi connectivity index (χ4v) is 1.95. The third kappa shape index (κ3) is 9.30. The van der Waals surface area contributed by atoms with E-state index < -0.39 is 0 Å². The van der Waals surface area contributed by atoms with Gasteiger partial charge in [0.2, 0.25) is 0 Å². The normalized spacial score (nSPS) is 13.4. The van der Waals surface area contributed by atoms with Gasteiger partial charge >= 0.3 is 0 Å². The molecule has 4 heteroatoms. The number of alkyl halides is 1. The first-order valence-corrected chi connectivity index (χ1v) is 6.54. The molecule has 0 aromatic heterocycles. The molecule has 92 valence electrons. The largest absolute Gasteiger partial charge is 0.382 e. The molecule has 3 nitrogen and oxygen atoms in total. The number of methoxy groups -OCH3 is 1. The van der Waals surface area contributed by atoms with Crippen molar-refractivity contribution >= 4 is 15.9 Å². The Labute approximate surface area is 102 Å². The van der Waals surface area contributed by atoms with Gasteiger partial charge in [0.1, 0.15) is 0 Å². The van der Waals surface area contributed by atoms with E-state index in [0.29, 0.717) is 38.3 Å². The second kappa shape index (κ2) is 10.9. The zero-order valence-corrected chi connectivity index (χ0v) is 11.6. The maximum atomic E-state index is 5.53. The van der Waals surface area contributed by atoms with Gasteiger partial charge in [-0.2, -0.15) is 0 Å². The third-order valence-electron chi connectivity index (χ3n) is 2.28. The Bertz CT molecular complexity index is 131. The van der Waals surface area contributed by atoms with Gasteiger partial charge in [0.25, 0.3) is 0 Å². The van der Waals surface area contributed by atoms with E-state index in [-0.39, 0.29) is 0 Å². The van der Waals surface area contributed by atoms with Crippen molar-refractivity contribution in [3.63, 3.8) is 0 Å². The van der Waals surface area contributed by atoms with Gasteiger partial charge in [-0.15, -0.1) is 0 Å². The average molecular weight is 283 g/mol. The number of ether oxygens (including phenoxy) is 3. The Morgan fingerprint density at radius 1 is 1.00 bits per heavy atom. The first-order chi connectivity index (χ1) is 7.22. The van der Waals surface area contributed by atoms with Gasteiger partial charge < -0.3 is 14.2 Å². The van der Waals surface area contributed by atoms with E-state index in [1.54, 1.807) is 7.11 Å². The van der Waals surface area contributed by atoms with Crippen LogP contribution in [0.4, 0.5) is 0 Å². The quantitative estimate of drug-likeness (QED) is 0.455. The van der Waals surface area contributed by atoms with Crippen molar-refractivity contribution in [1.82, 2.24) is 0 Å². The molecule has 1 unspecified atom stereocenters. The molecule has 0 amide bonds. The van der Waals surface area contributed by atoms with Crippen LogP contribution in [0.25, 0.3) is 0 Å². The summed E-state index contributed by atoms with van der Waals surface area (Å²) in [6.07, 6.45) is 0. The molecule has 0 spiro atoms. The molecule has 0 radical (unpaired) electrons. The Kier molecular flexibility index (Phi) is 11.1. The number of halogens is 1. The molecule has 0 N–H and O–H groups in total. The summed E-state index contributed by atoms with van der Waals surface area (Å²) in [6, 6.07) is 0. The van der Waals surface area contributed by atoms with Crippen molar-refractivity contribution in [3.05, 3.63) is 0 Å². The summed E-state index contributed by atoms with van der Waals surface area (Å²) < 4.78 is 15.7. The maximum Gasteiger partial charge on any atom is 0.0701 e. The number of hydrogen-bond acceptors (Lipinski definition) is 3. The summed E-state index contributed by atoms with van der Waals surface area (Å²) in [6.45, 7) is 7.84. The zero-order chi connectivity index (χ0) is 11.5. The van der Waals surface area contributed by atoms with Gasteiger partial charge in [0.15, 0.2) is 0 Å². The van der Waals surface area contributed by atoms with Crippen LogP contribution in [0.2, 0.25) is 0 Å². The molecule has 0 aliphatic heterocycles. The van der Waals surface area contributed by atoms with E-state index in [1.807, 2.05) is 0 Å². The monoisotopic (exact) mass is 282 g/mol. The zero-order valence-electron chi connectivity index (χ0n) is 10.0. The van der Waals surface area contributed by atoms with Gasteiger partial charge in [-0.05, 0) is 11.8 Å². The molecule has 15 heavy (non-hydrogen) atoms. The van der Waals surface area contributed by atoms with Crippen LogP contribution in [-0.4, -0.2) is 45.5 Å². The van der Waals surface area contributed by atoms with Crippen LogP contribution in [-0.2, 0) is 14.2 Å². The fraction of sp³-hybridized carbons (Fsp3) is 1.00. The Morgan fingerprint density at radius 2 is 1.60 bits per heavy atom. The molecule has 0 saturated heterocycles. The molecule has 0 bridgehead atoms. The minimum Gasteiger partial charge on any atom is -0.382 e. The molecule has 0 saturated carbocycles. The minimum atomic E-state index is 0.587. The SMILES string of the molecule is COCCOCCOCC(CBr)C(C)C. The highest BCUT2D eigenvalue weighted by atomic mass is 79.9. The lowest BCUT2D eigenvalue weighted by atomic mass is 9.99. The van der Waals surface area contributed by atoms with E-state index in [1.165, 1.54) is 0 Å². The summed E-state index contributed by atoms with van der Waals surface area (Å²) in [5.41, 5.74) is 0. The highest BCUT2D eigenvalue weighted by Crippen LogP contribution is 2.13. The second-order valence-corrected chi connectivity index (χ2v) is 4.49. The van der Waals surface area contributed by atoms with E-state index in [4.69, 9.17) is 14.2 Å². The molecular weight excluding hydrogens is 260 g/mol. The summed E-state index contributed by atoms with van der Waals surface area (Å²) in [7, 11) is 1.67. The predicted molar refractivity (Wildman–Crippen MR) is 65.6 cm³/mol. The fourth-order valence-electron chi connectivity index (χ4n) is 1.01. The predicted octanol–water partition coefficient (Wildman–Crippen LogP) is 2.33. The smallest absolute Gasteiger partial charge is 0.0701 e. The number of hydrogen-bond donors (Lipinski definition) is 0. The van der Waals surface area contributed by atoms with Crippen molar-refractivity contribution in [2.75, 3.05) is 45.5 Å². The third-order valence-corrected chi connectivity index (χ3v) is 3.11. The highest BCUT2D eigenvalue weighted by Gasteiger charge is 2.11. The summed E-state index contributed by atoms with van der Waals surface area (Å²) >= 11 is 3.49. The summed E-state index contributed by atoms with van der Waals surface area (Å²) in [4.78, 5) is 0. The van der Waals surface area contributed by atoms with Gasteiger partial charge in [-0.3, -0.25) is 0 Å². The molecule has 1 atom stereocenters. The van der Waals surface area contributed by atoms with Crippen LogP contribution in [0.1, 0.15) is 13.8 Å². The van der Waals surface area contributed by atoms with Crippen LogP contribution >= 0.6 is 15.9 Å². The molecule has 0 aliphatic carbocycles. The molecule has 0 heterocycles. The Hall–Kier alpha value is 0.360. The van der Waals surface area contributed by atoms with Gasteiger partial charge in [-0.1, -0.05) is 29.8 Å². The standard InChI is InChI=1S/C11H23BrO3/c1-10(2)11(8-12)9-15-7-6-14-5-4-13-3/h10-11H,4-9H2,1-3H3. The minimum absolute atomic E-state index is 0.587. The molecule has 0 aliphatic rings. The molecule has 0 fully saturated rings. The van der Waals surface area contributed by atoms with Crippen LogP contribution in [0, 0.1) is 11.8 Å². The Morgan fingerprint density at radius 3 is 2.13 bits per heavy atom. The molecule has 0 aromatic rings. The topological polar surface area (TPSA) is 27.7 Å². The van der Waals surface area contributed by atoms with Gasteiger partial charge in [-0.25, -0.2) is 0 Å². The van der Waals surface area contributed by atoms with Crippen molar-refractivity contribution in [1.29, 1.82) is 0 Å². The number of rotatable bonds is 10. The van der Waals surface area contributed by atoms with Crippen LogP contribution in [0.15, 0.2) is 0 Å². The van der Waals surface area contributed by atoms with E-state index in [2.05, 4.69) is 29.8 Å². The van der Waals surface area contributed by atoms with Crippen LogP contribution in [0.3, 0.4) is 0 Å². The lowest BCUT2D eigenvalue weighted by Crippen LogP contribution is -2.19. The van der Waals surface area contributed by atoms with Gasteiger partial charge in [0.05, 0.1) is 33.0 Å². The van der Waals surface area contributed by atoms with E-state index in [0.717, 1.165) is 11.9 Å². The molecule has 0 aromatic carbocycles. The van der Waals surface area contributed by atoms with Crippen molar-refractivity contribution in [2.24, 2.45) is 11.8 Å². The first-order valence-electron chi connectivity index (χ1n) is 5.42. The maximum absolute atomic E-state index is 5.53. The second-order valence-electron chi connectivity index (χ2n) is 3.84. The van der Waals surface area contributed by atoms with Crippen molar-refractivity contribution < 1.29 is 14.2 Å². The van der Waals surface area contributed by atoms with E-state index >= 15 is 0 Å². The average Bonchev–Trinajstić information content (AvgIpc) is 2.21. The Balaban J connectivity index is 3.22. The van der Waals surface area contributed by atoms with Crippen LogP contribution < -0.4 is 0 Å². The molecular formula is C11H23BrO3. The molecule has 0 rings (SSSR count). The first kappa shape index (κ1) is 15.4. The summed E-state index contributed by atoms with van der Waals surface area (Å²) in [5.74, 6) is 1.24. The van der Waals surface area contributed by atoms with Crippen molar-refractivity contribution in [2.45, 2.75) is 13.8 Å². The lowest BCUT2D eigenvalue weighted by Gasteiger charge is -2.17. The van der Waals surface area contributed by atoms with E-state index in [9.17, 15) is 0 Å². The van der Waals surface area contributed by atoms with Gasteiger partial charge in [0, 0.05) is 12.4 Å². The lowest BCUT2D eigenvalue weighted by molar-refractivity contribution is 0.0136. The van der Waals surface area contributed by atoms with Crippen molar-refractivity contribution in [3.8, 4) is 0 Å². The summed E-state index contributed by atoms with van der Waals surface area (Å²) in [5, 5.41) is 0.995.